The van der Waals surface area contributed by atoms with Crippen LogP contribution in [0.5, 0.6) is 5.88 Å². The van der Waals surface area contributed by atoms with Gasteiger partial charge in [-0.05, 0) is 31.0 Å². The number of hydrogen-bond acceptors (Lipinski definition) is 5. The van der Waals surface area contributed by atoms with E-state index in [2.05, 4.69) is 24.8 Å². The molecule has 0 amide bonds. The number of ether oxygens (including phenoxy) is 1. The van der Waals surface area contributed by atoms with Crippen molar-refractivity contribution in [2.75, 3.05) is 25.1 Å². The number of imidazole rings is 1. The number of rotatable bonds is 3. The molecule has 0 radical (unpaired) electrons. The minimum Gasteiger partial charge on any atom is -0.478 e. The Labute approximate surface area is 138 Å². The number of nitrogens with zero attached hydrogens (tertiary/aromatic N) is 4. The molecule has 0 spiro atoms. The zero-order chi connectivity index (χ0) is 16.5. The Bertz CT molecular complexity index is 857. The normalized spacial score (nSPS) is 15.8. The predicted molar refractivity (Wildman–Crippen MR) is 88.8 cm³/mol. The highest BCUT2D eigenvalue weighted by molar-refractivity contribution is 5.75. The number of halogens is 1. The van der Waals surface area contributed by atoms with Gasteiger partial charge in [0.15, 0.2) is 5.82 Å². The van der Waals surface area contributed by atoms with E-state index in [1.165, 1.54) is 12.1 Å². The van der Waals surface area contributed by atoms with Gasteiger partial charge in [0.25, 0.3) is 5.88 Å². The molecule has 24 heavy (non-hydrogen) atoms. The molecule has 3 aromatic rings. The van der Waals surface area contributed by atoms with Gasteiger partial charge in [0.1, 0.15) is 11.6 Å². The lowest BCUT2D eigenvalue weighted by atomic mass is 9.96. The summed E-state index contributed by atoms with van der Waals surface area (Å²) < 4.78 is 18.6. The molecule has 1 saturated heterocycles. The Morgan fingerprint density at radius 1 is 1.21 bits per heavy atom. The minimum atomic E-state index is -0.248. The SMILES string of the molecule is COc1nccnc1N1CCC(c2nc3ccc(F)cc3[nH]2)CC1. The molecule has 0 saturated carbocycles. The molecular formula is C17H18FN5O. The largest absolute Gasteiger partial charge is 0.478 e. The third-order valence-corrected chi connectivity index (χ3v) is 4.48. The molecule has 2 aromatic heterocycles. The lowest BCUT2D eigenvalue weighted by molar-refractivity contribution is 0.391. The van der Waals surface area contributed by atoms with Crippen LogP contribution in [0.15, 0.2) is 30.6 Å². The second-order valence-corrected chi connectivity index (χ2v) is 5.93. The van der Waals surface area contributed by atoms with Gasteiger partial charge in [-0.1, -0.05) is 0 Å². The summed E-state index contributed by atoms with van der Waals surface area (Å²) in [4.78, 5) is 18.7. The molecule has 0 atom stereocenters. The van der Waals surface area contributed by atoms with Crippen LogP contribution in [0.4, 0.5) is 10.2 Å². The molecule has 3 heterocycles. The van der Waals surface area contributed by atoms with E-state index in [4.69, 9.17) is 4.74 Å². The first-order valence-corrected chi connectivity index (χ1v) is 7.99. The third-order valence-electron chi connectivity index (χ3n) is 4.48. The van der Waals surface area contributed by atoms with Gasteiger partial charge in [0.2, 0.25) is 0 Å². The fraction of sp³-hybridized carbons (Fsp3) is 0.353. The van der Waals surface area contributed by atoms with Gasteiger partial charge in [0.05, 0.1) is 18.1 Å². The van der Waals surface area contributed by atoms with Crippen molar-refractivity contribution in [1.82, 2.24) is 19.9 Å². The van der Waals surface area contributed by atoms with E-state index in [9.17, 15) is 4.39 Å². The van der Waals surface area contributed by atoms with Crippen molar-refractivity contribution in [1.29, 1.82) is 0 Å². The number of fused-ring (bicyclic) bond motifs is 1. The van der Waals surface area contributed by atoms with Crippen LogP contribution >= 0.6 is 0 Å². The summed E-state index contributed by atoms with van der Waals surface area (Å²) in [6.07, 6.45) is 5.20. The molecule has 7 heteroatoms. The summed E-state index contributed by atoms with van der Waals surface area (Å²) >= 11 is 0. The molecule has 0 unspecified atom stereocenters. The molecule has 1 aliphatic rings. The summed E-state index contributed by atoms with van der Waals surface area (Å²) in [5.41, 5.74) is 1.56. The summed E-state index contributed by atoms with van der Waals surface area (Å²) in [5.74, 6) is 2.35. The van der Waals surface area contributed by atoms with Crippen molar-refractivity contribution < 1.29 is 9.13 Å². The Balaban J connectivity index is 1.51. The van der Waals surface area contributed by atoms with Crippen LogP contribution < -0.4 is 9.64 Å². The van der Waals surface area contributed by atoms with Crippen molar-refractivity contribution in [2.45, 2.75) is 18.8 Å². The Hall–Kier alpha value is -2.70. The van der Waals surface area contributed by atoms with Crippen LogP contribution in [0.1, 0.15) is 24.6 Å². The zero-order valence-corrected chi connectivity index (χ0v) is 13.4. The highest BCUT2D eigenvalue weighted by atomic mass is 19.1. The van der Waals surface area contributed by atoms with Crippen LogP contribution in [0.3, 0.4) is 0 Å². The van der Waals surface area contributed by atoms with E-state index in [1.807, 2.05) is 0 Å². The number of benzene rings is 1. The maximum absolute atomic E-state index is 13.3. The first kappa shape index (κ1) is 14.9. The number of aromatic amines is 1. The third kappa shape index (κ3) is 2.66. The average molecular weight is 327 g/mol. The van der Waals surface area contributed by atoms with Gasteiger partial charge in [-0.3, -0.25) is 0 Å². The lowest BCUT2D eigenvalue weighted by Crippen LogP contribution is -2.34. The standard InChI is InChI=1S/C17H18FN5O/c1-24-17-16(19-6-7-20-17)23-8-4-11(5-9-23)15-21-13-3-2-12(18)10-14(13)22-15/h2-3,6-7,10-11H,4-5,8-9H2,1H3,(H,21,22). The molecule has 0 bridgehead atoms. The summed E-state index contributed by atoms with van der Waals surface area (Å²) in [6, 6.07) is 4.64. The summed E-state index contributed by atoms with van der Waals surface area (Å²) in [6.45, 7) is 1.70. The minimum absolute atomic E-state index is 0.248. The number of H-pyrrole nitrogens is 1. The molecule has 1 aliphatic heterocycles. The topological polar surface area (TPSA) is 66.9 Å². The number of hydrogen-bond donors (Lipinski definition) is 1. The summed E-state index contributed by atoms with van der Waals surface area (Å²) in [5, 5.41) is 0. The van der Waals surface area contributed by atoms with Crippen LogP contribution in [0.2, 0.25) is 0 Å². The van der Waals surface area contributed by atoms with E-state index >= 15 is 0 Å². The van der Waals surface area contributed by atoms with Gasteiger partial charge >= 0.3 is 0 Å². The van der Waals surface area contributed by atoms with Crippen LogP contribution in [0, 0.1) is 5.82 Å². The molecule has 1 N–H and O–H groups in total. The highest BCUT2D eigenvalue weighted by Gasteiger charge is 2.25. The fourth-order valence-corrected chi connectivity index (χ4v) is 3.24. The Morgan fingerprint density at radius 2 is 2.00 bits per heavy atom. The van der Waals surface area contributed by atoms with E-state index in [1.54, 1.807) is 25.6 Å². The molecule has 124 valence electrons. The van der Waals surface area contributed by atoms with Gasteiger partial charge < -0.3 is 14.6 Å². The number of nitrogens with one attached hydrogen (secondary N) is 1. The predicted octanol–water partition coefficient (Wildman–Crippen LogP) is 2.88. The molecule has 1 fully saturated rings. The molecular weight excluding hydrogens is 309 g/mol. The first-order chi connectivity index (χ1) is 11.7. The Morgan fingerprint density at radius 3 is 2.79 bits per heavy atom. The van der Waals surface area contributed by atoms with Gasteiger partial charge in [-0.15, -0.1) is 0 Å². The monoisotopic (exact) mass is 327 g/mol. The van der Waals surface area contributed by atoms with Gasteiger partial charge in [-0.25, -0.2) is 19.3 Å². The van der Waals surface area contributed by atoms with Crippen LogP contribution in [-0.2, 0) is 0 Å². The van der Waals surface area contributed by atoms with Crippen molar-refractivity contribution in [2.24, 2.45) is 0 Å². The zero-order valence-electron chi connectivity index (χ0n) is 13.4. The summed E-state index contributed by atoms with van der Waals surface area (Å²) in [7, 11) is 1.60. The molecule has 1 aromatic carbocycles. The maximum Gasteiger partial charge on any atom is 0.257 e. The van der Waals surface area contributed by atoms with Crippen molar-refractivity contribution in [3.63, 3.8) is 0 Å². The number of piperidine rings is 1. The first-order valence-electron chi connectivity index (χ1n) is 7.99. The van der Waals surface area contributed by atoms with Crippen molar-refractivity contribution in [3.8, 4) is 5.88 Å². The smallest absolute Gasteiger partial charge is 0.257 e. The average Bonchev–Trinajstić information content (AvgIpc) is 3.05. The van der Waals surface area contributed by atoms with Crippen molar-refractivity contribution in [3.05, 3.63) is 42.2 Å². The van der Waals surface area contributed by atoms with E-state index < -0.39 is 0 Å². The van der Waals surface area contributed by atoms with E-state index in [-0.39, 0.29) is 5.82 Å². The van der Waals surface area contributed by atoms with Gasteiger partial charge in [0, 0.05) is 31.4 Å². The maximum atomic E-state index is 13.3. The Kier molecular flexibility index (Phi) is 3.76. The second-order valence-electron chi connectivity index (χ2n) is 5.93. The fourth-order valence-electron chi connectivity index (χ4n) is 3.24. The van der Waals surface area contributed by atoms with Gasteiger partial charge in [-0.2, -0.15) is 0 Å². The quantitative estimate of drug-likeness (QED) is 0.801. The van der Waals surface area contributed by atoms with Crippen LogP contribution in [0.25, 0.3) is 11.0 Å². The van der Waals surface area contributed by atoms with E-state index in [0.717, 1.165) is 48.6 Å². The molecule has 0 aliphatic carbocycles. The number of aromatic nitrogens is 4. The highest BCUT2D eigenvalue weighted by Crippen LogP contribution is 2.32. The van der Waals surface area contributed by atoms with Crippen molar-refractivity contribution >= 4 is 16.9 Å². The molecule has 4 rings (SSSR count). The number of methoxy groups -OCH3 is 1. The van der Waals surface area contributed by atoms with Crippen LogP contribution in [-0.4, -0.2) is 40.1 Å². The number of anilines is 1. The second kappa shape index (κ2) is 6.07. The van der Waals surface area contributed by atoms with E-state index in [0.29, 0.717) is 11.8 Å². The lowest BCUT2D eigenvalue weighted by Gasteiger charge is -2.32. The molecule has 6 nitrogen and oxygen atoms in total.